The molecule has 9 heteroatoms. The summed E-state index contributed by atoms with van der Waals surface area (Å²) in [6.07, 6.45) is 0. The van der Waals surface area contributed by atoms with E-state index in [0.29, 0.717) is 38.6 Å². The molecule has 1 unspecified atom stereocenters. The van der Waals surface area contributed by atoms with Crippen LogP contribution in [0.25, 0.3) is 10.1 Å². The van der Waals surface area contributed by atoms with Gasteiger partial charge in [0.2, 0.25) is 5.88 Å². The number of aryl methyl sites for hydroxylation is 1. The van der Waals surface area contributed by atoms with E-state index in [-0.39, 0.29) is 17.2 Å². The van der Waals surface area contributed by atoms with Gasteiger partial charge in [0.1, 0.15) is 40.4 Å². The number of hydrogen-bond acceptors (Lipinski definition) is 7. The summed E-state index contributed by atoms with van der Waals surface area (Å²) in [7, 11) is 0. The number of fused-ring (bicyclic) bond motifs is 2. The van der Waals surface area contributed by atoms with Crippen LogP contribution in [0.15, 0.2) is 96.4 Å². The van der Waals surface area contributed by atoms with Crippen molar-refractivity contribution in [2.24, 2.45) is 5.73 Å². The van der Waals surface area contributed by atoms with Crippen LogP contribution in [0, 0.1) is 18.3 Å². The van der Waals surface area contributed by atoms with Crippen LogP contribution in [-0.4, -0.2) is 5.97 Å². The summed E-state index contributed by atoms with van der Waals surface area (Å²) in [4.78, 5) is 13.4. The summed E-state index contributed by atoms with van der Waals surface area (Å²) in [6, 6.07) is 27.9. The molecule has 1 aromatic heterocycles. The van der Waals surface area contributed by atoms with Crippen molar-refractivity contribution in [2.45, 2.75) is 19.4 Å². The molecule has 4 aromatic carbocycles. The zero-order chi connectivity index (χ0) is 29.4. The number of halogens is 2. The summed E-state index contributed by atoms with van der Waals surface area (Å²) < 4.78 is 18.4. The molecule has 6 nitrogen and oxygen atoms in total. The Hall–Kier alpha value is -4.48. The minimum atomic E-state index is -0.571. The van der Waals surface area contributed by atoms with Gasteiger partial charge in [-0.3, -0.25) is 0 Å². The molecule has 1 aliphatic rings. The van der Waals surface area contributed by atoms with Crippen LogP contribution >= 0.6 is 34.5 Å². The number of carbonyl (C=O) groups is 1. The minimum absolute atomic E-state index is 0.0196. The van der Waals surface area contributed by atoms with Gasteiger partial charge in [-0.25, -0.2) is 4.79 Å². The lowest BCUT2D eigenvalue weighted by atomic mass is 9.83. The van der Waals surface area contributed by atoms with Crippen LogP contribution in [0.4, 0.5) is 0 Å². The first-order valence-corrected chi connectivity index (χ1v) is 14.5. The molecule has 0 spiro atoms. The zero-order valence-corrected chi connectivity index (χ0v) is 24.5. The second-order valence-corrected chi connectivity index (χ2v) is 11.6. The maximum atomic E-state index is 13.1. The average molecular weight is 614 g/mol. The monoisotopic (exact) mass is 612 g/mol. The van der Waals surface area contributed by atoms with E-state index in [9.17, 15) is 10.1 Å². The Morgan fingerprint density at radius 1 is 1.02 bits per heavy atom. The topological polar surface area (TPSA) is 94.6 Å². The number of allylic oxidation sites excluding steroid dienone is 1. The van der Waals surface area contributed by atoms with Crippen molar-refractivity contribution in [3.63, 3.8) is 0 Å². The molecule has 2 heterocycles. The van der Waals surface area contributed by atoms with Crippen LogP contribution in [0.2, 0.25) is 10.0 Å². The minimum Gasteiger partial charge on any atom is -0.489 e. The van der Waals surface area contributed by atoms with E-state index in [1.165, 1.54) is 11.3 Å². The normalized spacial score (nSPS) is 14.2. The third kappa shape index (κ3) is 5.40. The van der Waals surface area contributed by atoms with Gasteiger partial charge in [0, 0.05) is 26.7 Å². The van der Waals surface area contributed by atoms with Crippen LogP contribution in [-0.2, 0) is 6.61 Å². The van der Waals surface area contributed by atoms with E-state index >= 15 is 0 Å². The van der Waals surface area contributed by atoms with Crippen molar-refractivity contribution >= 4 is 50.6 Å². The second kappa shape index (κ2) is 11.4. The first-order chi connectivity index (χ1) is 20.3. The predicted octanol–water partition coefficient (Wildman–Crippen LogP) is 8.53. The SMILES string of the molecule is Cc1ccc2c(Cl)c(C(=O)Oc3ccc4c(c3)OC(N)=C(C#N)C4c3cccc(OCc4ccc(Cl)cc4)c3)sc2c1. The third-order valence-corrected chi connectivity index (χ3v) is 8.77. The fourth-order valence-corrected chi connectivity index (χ4v) is 6.44. The van der Waals surface area contributed by atoms with Gasteiger partial charge in [0.25, 0.3) is 0 Å². The van der Waals surface area contributed by atoms with Crippen LogP contribution < -0.4 is 19.9 Å². The molecule has 0 bridgehead atoms. The van der Waals surface area contributed by atoms with Crippen LogP contribution in [0.3, 0.4) is 0 Å². The maximum Gasteiger partial charge on any atom is 0.355 e. The van der Waals surface area contributed by atoms with Gasteiger partial charge in [0.15, 0.2) is 0 Å². The Bertz CT molecular complexity index is 1930. The highest BCUT2D eigenvalue weighted by Crippen LogP contribution is 2.44. The highest BCUT2D eigenvalue weighted by Gasteiger charge is 2.31. The third-order valence-electron chi connectivity index (χ3n) is 6.88. The van der Waals surface area contributed by atoms with Gasteiger partial charge < -0.3 is 19.9 Å². The predicted molar refractivity (Wildman–Crippen MR) is 164 cm³/mol. The largest absolute Gasteiger partial charge is 0.489 e. The molecule has 0 amide bonds. The molecular weight excluding hydrogens is 591 g/mol. The van der Waals surface area contributed by atoms with Crippen molar-refractivity contribution in [1.82, 2.24) is 0 Å². The lowest BCUT2D eigenvalue weighted by molar-refractivity contribution is 0.0740. The van der Waals surface area contributed by atoms with Crippen LogP contribution in [0.5, 0.6) is 17.2 Å². The number of nitriles is 1. The molecule has 0 radical (unpaired) electrons. The summed E-state index contributed by atoms with van der Waals surface area (Å²) in [5, 5.41) is 11.8. The molecule has 0 aliphatic carbocycles. The van der Waals surface area contributed by atoms with Crippen molar-refractivity contribution in [2.75, 3.05) is 0 Å². The molecule has 208 valence electrons. The molecule has 5 aromatic rings. The number of nitrogens with zero attached hydrogens (tertiary/aromatic N) is 1. The number of thiophene rings is 1. The number of nitrogens with two attached hydrogens (primary N) is 1. The smallest absolute Gasteiger partial charge is 0.355 e. The standard InChI is InChI=1S/C33H22Cl2N2O4S/c1-18-5-11-25-28(13-18)42-31(30(25)35)33(38)40-23-10-12-24-27(15-23)41-32(37)26(16-36)29(24)20-3-2-4-22(14-20)39-17-19-6-8-21(34)9-7-19/h2-15,29H,17,37H2,1H3. The average Bonchev–Trinajstić information content (AvgIpc) is 3.31. The summed E-state index contributed by atoms with van der Waals surface area (Å²) >= 11 is 13.8. The molecule has 0 saturated heterocycles. The molecule has 0 saturated carbocycles. The summed E-state index contributed by atoms with van der Waals surface area (Å²) in [5.41, 5.74) is 10.0. The van der Waals surface area contributed by atoms with Gasteiger partial charge in [-0.05, 0) is 60.0 Å². The molecule has 0 fully saturated rings. The quantitative estimate of drug-likeness (QED) is 0.152. The van der Waals surface area contributed by atoms with Gasteiger partial charge in [-0.15, -0.1) is 11.3 Å². The fraction of sp³-hybridized carbons (Fsp3) is 0.0909. The lowest BCUT2D eigenvalue weighted by Crippen LogP contribution is -2.21. The fourth-order valence-electron chi connectivity index (χ4n) is 4.83. The van der Waals surface area contributed by atoms with E-state index in [1.807, 2.05) is 73.7 Å². The Kier molecular flexibility index (Phi) is 7.53. The molecule has 42 heavy (non-hydrogen) atoms. The van der Waals surface area contributed by atoms with E-state index in [1.54, 1.807) is 18.2 Å². The van der Waals surface area contributed by atoms with Gasteiger partial charge in [0.05, 0.1) is 10.9 Å². The number of esters is 1. The highest BCUT2D eigenvalue weighted by molar-refractivity contribution is 7.21. The van der Waals surface area contributed by atoms with E-state index in [4.69, 9.17) is 43.1 Å². The molecular formula is C33H22Cl2N2O4S. The van der Waals surface area contributed by atoms with Gasteiger partial charge in [-0.2, -0.15) is 5.26 Å². The van der Waals surface area contributed by atoms with E-state index in [0.717, 1.165) is 26.8 Å². The van der Waals surface area contributed by atoms with Crippen molar-refractivity contribution in [1.29, 1.82) is 5.26 Å². The molecule has 6 rings (SSSR count). The summed E-state index contributed by atoms with van der Waals surface area (Å²) in [5.74, 6) is 0.171. The number of benzene rings is 4. The second-order valence-electron chi connectivity index (χ2n) is 9.75. The van der Waals surface area contributed by atoms with Crippen molar-refractivity contribution < 1.29 is 19.0 Å². The maximum absolute atomic E-state index is 13.1. The van der Waals surface area contributed by atoms with E-state index < -0.39 is 11.9 Å². The lowest BCUT2D eigenvalue weighted by Gasteiger charge is -2.27. The number of rotatable bonds is 6. The van der Waals surface area contributed by atoms with E-state index in [2.05, 4.69) is 6.07 Å². The summed E-state index contributed by atoms with van der Waals surface area (Å²) in [6.45, 7) is 2.33. The Labute approximate surface area is 256 Å². The zero-order valence-electron chi connectivity index (χ0n) is 22.2. The Morgan fingerprint density at radius 3 is 2.62 bits per heavy atom. The molecule has 1 aliphatic heterocycles. The van der Waals surface area contributed by atoms with Crippen LogP contribution in [0.1, 0.15) is 37.8 Å². The van der Waals surface area contributed by atoms with Gasteiger partial charge >= 0.3 is 5.97 Å². The molecule has 2 N–H and O–H groups in total. The highest BCUT2D eigenvalue weighted by atomic mass is 35.5. The van der Waals surface area contributed by atoms with Crippen molar-refractivity contribution in [3.8, 4) is 23.3 Å². The van der Waals surface area contributed by atoms with Gasteiger partial charge in [-0.1, -0.05) is 65.7 Å². The number of ether oxygens (including phenoxy) is 3. The van der Waals surface area contributed by atoms with Crippen molar-refractivity contribution in [3.05, 3.63) is 134 Å². The number of hydrogen-bond donors (Lipinski definition) is 1. The first-order valence-electron chi connectivity index (χ1n) is 12.9. The molecule has 1 atom stereocenters. The first kappa shape index (κ1) is 27.7. The Morgan fingerprint density at radius 2 is 1.83 bits per heavy atom. The number of carbonyl (C=O) groups excluding carboxylic acids is 1. The Balaban J connectivity index is 1.27.